The number of aryl methyl sites for hydroxylation is 1. The van der Waals surface area contributed by atoms with Crippen LogP contribution >= 0.6 is 11.6 Å². The summed E-state index contributed by atoms with van der Waals surface area (Å²) in [7, 11) is 0. The van der Waals surface area contributed by atoms with E-state index in [0.717, 1.165) is 18.8 Å². The minimum Gasteiger partial charge on any atom is -0.377 e. The van der Waals surface area contributed by atoms with Crippen LogP contribution in [0.1, 0.15) is 42.7 Å². The number of nitrogens with zero attached hydrogens (tertiary/aromatic N) is 1. The quantitative estimate of drug-likeness (QED) is 0.767. The fourth-order valence-electron chi connectivity index (χ4n) is 3.83. The average molecular weight is 308 g/mol. The molecule has 1 unspecified atom stereocenters. The van der Waals surface area contributed by atoms with E-state index in [1.165, 1.54) is 38.9 Å². The highest BCUT2D eigenvalue weighted by Crippen LogP contribution is 2.32. The van der Waals surface area contributed by atoms with Gasteiger partial charge in [-0.25, -0.2) is 0 Å². The Bertz CT molecular complexity index is 443. The predicted octanol–water partition coefficient (Wildman–Crippen LogP) is 3.83. The first-order chi connectivity index (χ1) is 10.4. The van der Waals surface area contributed by atoms with E-state index in [0.29, 0.717) is 18.6 Å². The predicted molar refractivity (Wildman–Crippen MR) is 88.3 cm³/mol. The number of hydrogen-bond acceptors (Lipinski definition) is 2. The van der Waals surface area contributed by atoms with Gasteiger partial charge in [-0.15, -0.1) is 11.6 Å². The summed E-state index contributed by atoms with van der Waals surface area (Å²) in [6, 6.07) is 9.04. The monoisotopic (exact) mass is 307 g/mol. The van der Waals surface area contributed by atoms with Crippen LogP contribution in [-0.4, -0.2) is 43.1 Å². The summed E-state index contributed by atoms with van der Waals surface area (Å²) in [5.41, 5.74) is 3.18. The average Bonchev–Trinajstić information content (AvgIpc) is 2.55. The molecule has 1 aromatic rings. The molecule has 0 spiro atoms. The van der Waals surface area contributed by atoms with Crippen molar-refractivity contribution in [3.05, 3.63) is 35.4 Å². The minimum absolute atomic E-state index is 0.429. The number of benzene rings is 1. The van der Waals surface area contributed by atoms with Gasteiger partial charge in [-0.2, -0.15) is 0 Å². The maximum Gasteiger partial charge on any atom is 0.0605 e. The van der Waals surface area contributed by atoms with Gasteiger partial charge in [-0.1, -0.05) is 24.3 Å². The lowest BCUT2D eigenvalue weighted by molar-refractivity contribution is 0.0136. The highest BCUT2D eigenvalue weighted by Gasteiger charge is 2.25. The van der Waals surface area contributed by atoms with Crippen LogP contribution < -0.4 is 0 Å². The van der Waals surface area contributed by atoms with Gasteiger partial charge < -0.3 is 9.64 Å². The number of ether oxygens (including phenoxy) is 1. The Kier molecular flexibility index (Phi) is 5.56. The van der Waals surface area contributed by atoms with Crippen LogP contribution in [0.5, 0.6) is 0 Å². The number of piperidine rings is 1. The fourth-order valence-corrected chi connectivity index (χ4v) is 3.91. The van der Waals surface area contributed by atoms with Gasteiger partial charge in [-0.05, 0) is 49.1 Å². The zero-order chi connectivity index (χ0) is 14.5. The lowest BCUT2D eigenvalue weighted by atomic mass is 9.82. The van der Waals surface area contributed by atoms with E-state index in [4.69, 9.17) is 16.3 Å². The molecule has 1 aliphatic heterocycles. The molecule has 0 bridgehead atoms. The molecule has 0 N–H and O–H groups in total. The second-order valence-corrected chi connectivity index (χ2v) is 6.73. The Morgan fingerprint density at radius 3 is 2.76 bits per heavy atom. The standard InChI is InChI=1S/C18H26ClNO/c19-10-13-21-17-8-11-20(12-9-17)14-16-6-3-5-15-4-1-2-7-18(15)16/h1-2,4,7,16-17H,3,5-6,8-14H2. The SMILES string of the molecule is ClCCOC1CCN(CC2CCCc3ccccc32)CC1. The maximum atomic E-state index is 5.77. The summed E-state index contributed by atoms with van der Waals surface area (Å²) >= 11 is 5.69. The first-order valence-electron chi connectivity index (χ1n) is 8.34. The number of alkyl halides is 1. The smallest absolute Gasteiger partial charge is 0.0605 e. The molecular formula is C18H26ClNO. The largest absolute Gasteiger partial charge is 0.377 e. The van der Waals surface area contributed by atoms with Crippen molar-refractivity contribution in [2.24, 2.45) is 0 Å². The van der Waals surface area contributed by atoms with E-state index in [1.807, 2.05) is 0 Å². The van der Waals surface area contributed by atoms with Crippen molar-refractivity contribution < 1.29 is 4.74 Å². The topological polar surface area (TPSA) is 12.5 Å². The zero-order valence-corrected chi connectivity index (χ0v) is 13.5. The lowest BCUT2D eigenvalue weighted by Gasteiger charge is -2.36. The van der Waals surface area contributed by atoms with Crippen LogP contribution in [0.3, 0.4) is 0 Å². The maximum absolute atomic E-state index is 5.77. The molecule has 21 heavy (non-hydrogen) atoms. The number of rotatable bonds is 5. The Hall–Kier alpha value is -0.570. The highest BCUT2D eigenvalue weighted by molar-refractivity contribution is 6.17. The minimum atomic E-state index is 0.429. The number of hydrogen-bond donors (Lipinski definition) is 0. The summed E-state index contributed by atoms with van der Waals surface area (Å²) in [5.74, 6) is 1.34. The van der Waals surface area contributed by atoms with Crippen LogP contribution in [0, 0.1) is 0 Å². The molecule has 1 aromatic carbocycles. The van der Waals surface area contributed by atoms with Crippen molar-refractivity contribution in [1.82, 2.24) is 4.90 Å². The summed E-state index contributed by atoms with van der Waals surface area (Å²) in [4.78, 5) is 2.63. The molecule has 0 saturated carbocycles. The van der Waals surface area contributed by atoms with Crippen LogP contribution in [0.4, 0.5) is 0 Å². The number of fused-ring (bicyclic) bond motifs is 1. The molecule has 0 aromatic heterocycles. The molecule has 2 aliphatic rings. The van der Waals surface area contributed by atoms with Gasteiger partial charge in [0.1, 0.15) is 0 Å². The third-order valence-electron chi connectivity index (χ3n) is 4.94. The van der Waals surface area contributed by atoms with Crippen molar-refractivity contribution in [1.29, 1.82) is 0 Å². The summed E-state index contributed by atoms with van der Waals surface area (Å²) < 4.78 is 5.77. The molecule has 1 heterocycles. The Balaban J connectivity index is 1.52. The van der Waals surface area contributed by atoms with Crippen LogP contribution in [0.2, 0.25) is 0 Å². The third-order valence-corrected chi connectivity index (χ3v) is 5.09. The fraction of sp³-hybridized carbons (Fsp3) is 0.667. The van der Waals surface area contributed by atoms with Gasteiger partial charge in [-0.3, -0.25) is 0 Å². The van der Waals surface area contributed by atoms with Crippen molar-refractivity contribution in [2.45, 2.75) is 44.1 Å². The van der Waals surface area contributed by atoms with Gasteiger partial charge in [0.2, 0.25) is 0 Å². The molecule has 1 saturated heterocycles. The first-order valence-corrected chi connectivity index (χ1v) is 8.88. The summed E-state index contributed by atoms with van der Waals surface area (Å²) in [5, 5.41) is 0. The van der Waals surface area contributed by atoms with Crippen LogP contribution in [-0.2, 0) is 11.2 Å². The van der Waals surface area contributed by atoms with Crippen LogP contribution in [0.25, 0.3) is 0 Å². The van der Waals surface area contributed by atoms with E-state index < -0.39 is 0 Å². The molecule has 3 rings (SSSR count). The normalized spacial score (nSPS) is 24.0. The number of halogens is 1. The van der Waals surface area contributed by atoms with E-state index in [2.05, 4.69) is 29.2 Å². The third kappa shape index (κ3) is 4.00. The molecule has 1 aliphatic carbocycles. The first kappa shape index (κ1) is 15.3. The van der Waals surface area contributed by atoms with E-state index in [1.54, 1.807) is 11.1 Å². The van der Waals surface area contributed by atoms with Gasteiger partial charge in [0.05, 0.1) is 12.7 Å². The molecule has 1 fully saturated rings. The van der Waals surface area contributed by atoms with Gasteiger partial charge in [0, 0.05) is 25.5 Å². The summed E-state index contributed by atoms with van der Waals surface area (Å²) in [6.07, 6.45) is 6.70. The molecule has 2 nitrogen and oxygen atoms in total. The second-order valence-electron chi connectivity index (χ2n) is 6.35. The Morgan fingerprint density at radius 1 is 1.14 bits per heavy atom. The lowest BCUT2D eigenvalue weighted by Crippen LogP contribution is -2.39. The van der Waals surface area contributed by atoms with Crippen molar-refractivity contribution in [2.75, 3.05) is 32.1 Å². The van der Waals surface area contributed by atoms with Crippen molar-refractivity contribution in [3.8, 4) is 0 Å². The molecule has 1 atom stereocenters. The summed E-state index contributed by atoms with van der Waals surface area (Å²) in [6.45, 7) is 4.26. The molecule has 0 amide bonds. The second kappa shape index (κ2) is 7.62. The molecular weight excluding hydrogens is 282 g/mol. The van der Waals surface area contributed by atoms with Gasteiger partial charge in [0.25, 0.3) is 0 Å². The van der Waals surface area contributed by atoms with Crippen molar-refractivity contribution >= 4 is 11.6 Å². The van der Waals surface area contributed by atoms with E-state index >= 15 is 0 Å². The van der Waals surface area contributed by atoms with E-state index in [-0.39, 0.29) is 0 Å². The van der Waals surface area contributed by atoms with Crippen molar-refractivity contribution in [3.63, 3.8) is 0 Å². The van der Waals surface area contributed by atoms with Crippen LogP contribution in [0.15, 0.2) is 24.3 Å². The highest BCUT2D eigenvalue weighted by atomic mass is 35.5. The zero-order valence-electron chi connectivity index (χ0n) is 12.8. The Morgan fingerprint density at radius 2 is 1.95 bits per heavy atom. The molecule has 116 valence electrons. The van der Waals surface area contributed by atoms with Gasteiger partial charge >= 0.3 is 0 Å². The van der Waals surface area contributed by atoms with Gasteiger partial charge in [0.15, 0.2) is 0 Å². The van der Waals surface area contributed by atoms with E-state index in [9.17, 15) is 0 Å². The molecule has 0 radical (unpaired) electrons. The number of likely N-dealkylation sites (tertiary alicyclic amines) is 1. The molecule has 3 heteroatoms. The Labute approximate surface area is 133 Å².